The molecule has 0 unspecified atom stereocenters. The number of para-hydroxylation sites is 1. The highest BCUT2D eigenvalue weighted by Crippen LogP contribution is 2.29. The molecule has 0 bridgehead atoms. The van der Waals surface area contributed by atoms with Gasteiger partial charge >= 0.3 is 0 Å². The van der Waals surface area contributed by atoms with Crippen LogP contribution >= 0.6 is 12.4 Å². The minimum Gasteiger partial charge on any atom is -0.457 e. The first-order chi connectivity index (χ1) is 10.3. The van der Waals surface area contributed by atoms with Crippen molar-refractivity contribution in [2.24, 2.45) is 11.7 Å². The minimum absolute atomic E-state index is 0. The topological polar surface area (TPSA) is 44.5 Å². The summed E-state index contributed by atoms with van der Waals surface area (Å²) >= 11 is 0. The second-order valence-corrected chi connectivity index (χ2v) is 5.46. The molecule has 0 saturated carbocycles. The van der Waals surface area contributed by atoms with Gasteiger partial charge in [0.05, 0.1) is 0 Å². The average molecular weight is 320 g/mol. The predicted molar refractivity (Wildman–Crippen MR) is 90.7 cm³/mol. The molecular formula is C18H22ClNO2. The Morgan fingerprint density at radius 2 is 1.50 bits per heavy atom. The fourth-order valence-corrected chi connectivity index (χ4v) is 2.73. The van der Waals surface area contributed by atoms with Gasteiger partial charge in [0, 0.05) is 19.3 Å². The van der Waals surface area contributed by atoms with Crippen molar-refractivity contribution >= 4 is 12.4 Å². The summed E-state index contributed by atoms with van der Waals surface area (Å²) in [6.45, 7) is 1.65. The normalized spacial score (nSPS) is 16.6. The van der Waals surface area contributed by atoms with Crippen LogP contribution in [0.15, 0.2) is 54.6 Å². The summed E-state index contributed by atoms with van der Waals surface area (Å²) in [6.07, 6.45) is 2.09. The zero-order valence-electron chi connectivity index (χ0n) is 12.5. The van der Waals surface area contributed by atoms with Gasteiger partial charge in [0.25, 0.3) is 0 Å². The van der Waals surface area contributed by atoms with Crippen LogP contribution in [0.4, 0.5) is 0 Å². The average Bonchev–Trinajstić information content (AvgIpc) is 2.57. The number of rotatable bonds is 4. The van der Waals surface area contributed by atoms with Gasteiger partial charge in [-0.2, -0.15) is 0 Å². The molecule has 1 aliphatic heterocycles. The Kier molecular flexibility index (Phi) is 6.25. The first-order valence-electron chi connectivity index (χ1n) is 7.49. The lowest BCUT2D eigenvalue weighted by Crippen LogP contribution is -2.27. The van der Waals surface area contributed by atoms with Crippen LogP contribution < -0.4 is 10.5 Å². The fourth-order valence-electron chi connectivity index (χ4n) is 2.73. The van der Waals surface area contributed by atoms with Gasteiger partial charge in [0.15, 0.2) is 0 Å². The van der Waals surface area contributed by atoms with Crippen molar-refractivity contribution in [3.8, 4) is 11.5 Å². The van der Waals surface area contributed by atoms with E-state index in [0.717, 1.165) is 37.6 Å². The van der Waals surface area contributed by atoms with Crippen molar-refractivity contribution in [2.75, 3.05) is 13.2 Å². The Bertz CT molecular complexity index is 553. The van der Waals surface area contributed by atoms with E-state index in [1.165, 1.54) is 5.56 Å². The van der Waals surface area contributed by atoms with Crippen LogP contribution in [0.3, 0.4) is 0 Å². The molecule has 0 aromatic heterocycles. The van der Waals surface area contributed by atoms with Crippen molar-refractivity contribution in [1.82, 2.24) is 0 Å². The number of benzene rings is 2. The molecule has 0 radical (unpaired) electrons. The van der Waals surface area contributed by atoms with Crippen molar-refractivity contribution in [3.05, 3.63) is 60.2 Å². The van der Waals surface area contributed by atoms with Gasteiger partial charge in [0.2, 0.25) is 0 Å². The van der Waals surface area contributed by atoms with Crippen molar-refractivity contribution in [2.45, 2.75) is 18.9 Å². The highest BCUT2D eigenvalue weighted by molar-refractivity contribution is 5.85. The summed E-state index contributed by atoms with van der Waals surface area (Å²) in [5.41, 5.74) is 7.54. The van der Waals surface area contributed by atoms with Gasteiger partial charge in [0.1, 0.15) is 11.5 Å². The Morgan fingerprint density at radius 3 is 2.14 bits per heavy atom. The Hall–Kier alpha value is -1.55. The molecule has 3 nitrogen and oxygen atoms in total. The standard InChI is InChI=1S/C18H21NO2.ClH/c19-18(15-10-12-20-13-11-15)14-6-8-17(9-7-14)21-16-4-2-1-3-5-16;/h1-9,15,18H,10-13,19H2;1H/t18-;/m0./s1. The number of hydrogen-bond donors (Lipinski definition) is 1. The lowest BCUT2D eigenvalue weighted by atomic mass is 9.88. The Morgan fingerprint density at radius 1 is 0.909 bits per heavy atom. The summed E-state index contributed by atoms with van der Waals surface area (Å²) in [7, 11) is 0. The molecule has 0 spiro atoms. The van der Waals surface area contributed by atoms with Gasteiger partial charge < -0.3 is 15.2 Å². The van der Waals surface area contributed by atoms with E-state index < -0.39 is 0 Å². The molecule has 1 aliphatic rings. The van der Waals surface area contributed by atoms with Gasteiger partial charge in [-0.05, 0) is 48.6 Å². The molecular weight excluding hydrogens is 298 g/mol. The van der Waals surface area contributed by atoms with Crippen LogP contribution in [-0.2, 0) is 4.74 Å². The smallest absolute Gasteiger partial charge is 0.127 e. The molecule has 2 N–H and O–H groups in total. The highest BCUT2D eigenvalue weighted by atomic mass is 35.5. The lowest BCUT2D eigenvalue weighted by molar-refractivity contribution is 0.0584. The van der Waals surface area contributed by atoms with Gasteiger partial charge in [-0.3, -0.25) is 0 Å². The molecule has 3 rings (SSSR count). The fraction of sp³-hybridized carbons (Fsp3) is 0.333. The second kappa shape index (κ2) is 8.18. The largest absolute Gasteiger partial charge is 0.457 e. The van der Waals surface area contributed by atoms with E-state index in [1.54, 1.807) is 0 Å². The molecule has 0 aliphatic carbocycles. The molecule has 22 heavy (non-hydrogen) atoms. The van der Waals surface area contributed by atoms with E-state index in [1.807, 2.05) is 42.5 Å². The van der Waals surface area contributed by atoms with Gasteiger partial charge in [-0.25, -0.2) is 0 Å². The molecule has 2 aromatic carbocycles. The molecule has 1 fully saturated rings. The third-order valence-electron chi connectivity index (χ3n) is 4.02. The zero-order chi connectivity index (χ0) is 14.5. The van der Waals surface area contributed by atoms with Crippen LogP contribution in [0.1, 0.15) is 24.4 Å². The maximum atomic E-state index is 6.38. The lowest BCUT2D eigenvalue weighted by Gasteiger charge is -2.27. The number of ether oxygens (including phenoxy) is 2. The van der Waals surface area contributed by atoms with Crippen LogP contribution in [0.5, 0.6) is 11.5 Å². The van der Waals surface area contributed by atoms with Crippen molar-refractivity contribution in [3.63, 3.8) is 0 Å². The Labute approximate surface area is 137 Å². The molecule has 1 heterocycles. The van der Waals surface area contributed by atoms with E-state index in [9.17, 15) is 0 Å². The zero-order valence-corrected chi connectivity index (χ0v) is 13.3. The monoisotopic (exact) mass is 319 g/mol. The van der Waals surface area contributed by atoms with E-state index in [4.69, 9.17) is 15.2 Å². The van der Waals surface area contributed by atoms with Crippen molar-refractivity contribution in [1.29, 1.82) is 0 Å². The quantitative estimate of drug-likeness (QED) is 0.912. The summed E-state index contributed by atoms with van der Waals surface area (Å²) in [4.78, 5) is 0. The predicted octanol–water partition coefficient (Wildman–Crippen LogP) is 4.33. The van der Waals surface area contributed by atoms with E-state index in [2.05, 4.69) is 12.1 Å². The van der Waals surface area contributed by atoms with E-state index in [0.29, 0.717) is 5.92 Å². The van der Waals surface area contributed by atoms with E-state index in [-0.39, 0.29) is 18.4 Å². The maximum absolute atomic E-state index is 6.38. The Balaban J connectivity index is 0.00000176. The van der Waals surface area contributed by atoms with Crippen molar-refractivity contribution < 1.29 is 9.47 Å². The number of nitrogens with two attached hydrogens (primary N) is 1. The number of hydrogen-bond acceptors (Lipinski definition) is 3. The van der Waals surface area contributed by atoms with Crippen LogP contribution in [0, 0.1) is 5.92 Å². The van der Waals surface area contributed by atoms with Crippen LogP contribution in [0.2, 0.25) is 0 Å². The van der Waals surface area contributed by atoms with Crippen LogP contribution in [0.25, 0.3) is 0 Å². The molecule has 118 valence electrons. The molecule has 2 aromatic rings. The minimum atomic E-state index is 0. The summed E-state index contributed by atoms with van der Waals surface area (Å²) in [5, 5.41) is 0. The summed E-state index contributed by atoms with van der Waals surface area (Å²) in [5.74, 6) is 2.20. The first-order valence-corrected chi connectivity index (χ1v) is 7.49. The SMILES string of the molecule is Cl.N[C@@H](c1ccc(Oc2ccccc2)cc1)C1CCOCC1. The first kappa shape index (κ1) is 16.8. The van der Waals surface area contributed by atoms with Gasteiger partial charge in [-0.15, -0.1) is 12.4 Å². The molecule has 4 heteroatoms. The number of halogens is 1. The van der Waals surface area contributed by atoms with Gasteiger partial charge in [-0.1, -0.05) is 30.3 Å². The summed E-state index contributed by atoms with van der Waals surface area (Å²) in [6, 6.07) is 18.0. The second-order valence-electron chi connectivity index (χ2n) is 5.46. The molecule has 0 amide bonds. The maximum Gasteiger partial charge on any atom is 0.127 e. The van der Waals surface area contributed by atoms with E-state index >= 15 is 0 Å². The summed E-state index contributed by atoms with van der Waals surface area (Å²) < 4.78 is 11.2. The highest BCUT2D eigenvalue weighted by Gasteiger charge is 2.22. The van der Waals surface area contributed by atoms with Crippen LogP contribution in [-0.4, -0.2) is 13.2 Å². The molecule has 1 saturated heterocycles. The third-order valence-corrected chi connectivity index (χ3v) is 4.02. The molecule has 1 atom stereocenters. The third kappa shape index (κ3) is 4.23.